The highest BCUT2D eigenvalue weighted by Gasteiger charge is 2.25. The van der Waals surface area contributed by atoms with Crippen molar-refractivity contribution in [3.05, 3.63) is 48.0 Å². The number of primary amides is 1. The molecule has 0 heterocycles. The van der Waals surface area contributed by atoms with Crippen LogP contribution < -0.4 is 11.1 Å². The van der Waals surface area contributed by atoms with Crippen molar-refractivity contribution in [3.63, 3.8) is 0 Å². The van der Waals surface area contributed by atoms with Gasteiger partial charge in [0, 0.05) is 12.0 Å². The first-order chi connectivity index (χ1) is 10.5. The summed E-state index contributed by atoms with van der Waals surface area (Å²) in [5, 5.41) is 13.1. The molecule has 2 rings (SSSR count). The summed E-state index contributed by atoms with van der Waals surface area (Å²) < 4.78 is 0. The average Bonchev–Trinajstić information content (AvgIpc) is 2.51. The van der Waals surface area contributed by atoms with E-state index in [2.05, 4.69) is 5.32 Å². The van der Waals surface area contributed by atoms with Crippen LogP contribution in [0.25, 0.3) is 10.8 Å². The number of rotatable bonds is 5. The number of nitrogens with one attached hydrogen (secondary N) is 1. The Labute approximate surface area is 128 Å². The van der Waals surface area contributed by atoms with Crippen LogP contribution in [0.1, 0.15) is 23.7 Å². The molecule has 0 aliphatic rings. The van der Waals surface area contributed by atoms with Gasteiger partial charge in [-0.3, -0.25) is 9.59 Å². The van der Waals surface area contributed by atoms with Gasteiger partial charge in [-0.15, -0.1) is 0 Å². The summed E-state index contributed by atoms with van der Waals surface area (Å²) in [6.45, 7) is 1.71. The highest BCUT2D eigenvalue weighted by Crippen LogP contribution is 2.19. The second-order valence-corrected chi connectivity index (χ2v) is 5.22. The lowest BCUT2D eigenvalue weighted by molar-refractivity contribution is -0.120. The number of nitriles is 1. The second kappa shape index (κ2) is 6.72. The van der Waals surface area contributed by atoms with E-state index in [0.29, 0.717) is 5.56 Å². The first-order valence-corrected chi connectivity index (χ1v) is 6.99. The Morgan fingerprint density at radius 3 is 2.59 bits per heavy atom. The number of nitrogens with zero attached hydrogens (tertiary/aromatic N) is 1. The SMILES string of the molecule is C[C@@H](CC#N)[C@H](NC(=O)c1cccc2ccccc12)C(N)=O. The van der Waals surface area contributed by atoms with Gasteiger partial charge in [-0.25, -0.2) is 0 Å². The van der Waals surface area contributed by atoms with Gasteiger partial charge in [0.25, 0.3) is 5.91 Å². The Morgan fingerprint density at radius 1 is 1.23 bits per heavy atom. The Balaban J connectivity index is 2.30. The third-order valence-electron chi connectivity index (χ3n) is 3.61. The molecule has 0 saturated heterocycles. The molecule has 5 nitrogen and oxygen atoms in total. The van der Waals surface area contributed by atoms with E-state index in [1.165, 1.54) is 0 Å². The third kappa shape index (κ3) is 3.23. The molecule has 0 bridgehead atoms. The molecular weight excluding hydrogens is 278 g/mol. The molecule has 0 unspecified atom stereocenters. The number of benzene rings is 2. The zero-order chi connectivity index (χ0) is 16.1. The van der Waals surface area contributed by atoms with E-state index in [1.807, 2.05) is 36.4 Å². The Hall–Kier alpha value is -2.87. The van der Waals surface area contributed by atoms with Crippen molar-refractivity contribution in [1.82, 2.24) is 5.32 Å². The standard InChI is InChI=1S/C17H17N3O2/c1-11(9-10-18)15(16(19)21)20-17(22)14-8-4-6-12-5-2-3-7-13(12)14/h2-8,11,15H,9H2,1H3,(H2,19,21)(H,20,22)/t11-,15-/m0/s1. The zero-order valence-electron chi connectivity index (χ0n) is 12.2. The molecule has 0 saturated carbocycles. The smallest absolute Gasteiger partial charge is 0.252 e. The lowest BCUT2D eigenvalue weighted by Gasteiger charge is -2.20. The van der Waals surface area contributed by atoms with Crippen molar-refractivity contribution in [2.75, 3.05) is 0 Å². The lowest BCUT2D eigenvalue weighted by Crippen LogP contribution is -2.48. The van der Waals surface area contributed by atoms with Crippen LogP contribution in [-0.2, 0) is 4.79 Å². The van der Waals surface area contributed by atoms with E-state index in [0.717, 1.165) is 10.8 Å². The normalized spacial score (nSPS) is 13.1. The summed E-state index contributed by atoms with van der Waals surface area (Å²) in [6.07, 6.45) is 0.142. The first-order valence-electron chi connectivity index (χ1n) is 6.99. The molecule has 22 heavy (non-hydrogen) atoms. The second-order valence-electron chi connectivity index (χ2n) is 5.22. The van der Waals surface area contributed by atoms with Gasteiger partial charge >= 0.3 is 0 Å². The van der Waals surface area contributed by atoms with Crippen molar-refractivity contribution >= 4 is 22.6 Å². The number of carbonyl (C=O) groups excluding carboxylic acids is 2. The monoisotopic (exact) mass is 295 g/mol. The van der Waals surface area contributed by atoms with Gasteiger partial charge in [-0.2, -0.15) is 5.26 Å². The Morgan fingerprint density at radius 2 is 1.91 bits per heavy atom. The van der Waals surface area contributed by atoms with E-state index < -0.39 is 11.9 Å². The van der Waals surface area contributed by atoms with Crippen molar-refractivity contribution in [3.8, 4) is 6.07 Å². The van der Waals surface area contributed by atoms with E-state index in [9.17, 15) is 9.59 Å². The molecule has 5 heteroatoms. The van der Waals surface area contributed by atoms with Gasteiger partial charge in [-0.1, -0.05) is 43.3 Å². The first kappa shape index (κ1) is 15.5. The number of hydrogen-bond donors (Lipinski definition) is 2. The molecule has 3 N–H and O–H groups in total. The van der Waals surface area contributed by atoms with Crippen molar-refractivity contribution in [1.29, 1.82) is 5.26 Å². The summed E-state index contributed by atoms with van der Waals surface area (Å²) in [5.41, 5.74) is 5.82. The molecule has 2 aromatic carbocycles. The van der Waals surface area contributed by atoms with Gasteiger partial charge in [-0.05, 0) is 22.8 Å². The maximum absolute atomic E-state index is 12.5. The minimum Gasteiger partial charge on any atom is -0.368 e. The Bertz CT molecular complexity index is 744. The van der Waals surface area contributed by atoms with E-state index in [4.69, 9.17) is 11.0 Å². The predicted molar refractivity (Wildman–Crippen MR) is 83.8 cm³/mol. The van der Waals surface area contributed by atoms with Crippen LogP contribution in [0.3, 0.4) is 0 Å². The fraction of sp³-hybridized carbons (Fsp3) is 0.235. The van der Waals surface area contributed by atoms with Crippen LogP contribution >= 0.6 is 0 Å². The topological polar surface area (TPSA) is 96.0 Å². The maximum Gasteiger partial charge on any atom is 0.252 e. The van der Waals surface area contributed by atoms with Gasteiger partial charge in [0.05, 0.1) is 6.07 Å². The molecule has 0 fully saturated rings. The minimum absolute atomic E-state index is 0.142. The largest absolute Gasteiger partial charge is 0.368 e. The number of fused-ring (bicyclic) bond motifs is 1. The lowest BCUT2D eigenvalue weighted by atomic mass is 9.97. The number of amides is 2. The summed E-state index contributed by atoms with van der Waals surface area (Å²) in [4.78, 5) is 24.0. The maximum atomic E-state index is 12.5. The molecule has 2 amide bonds. The van der Waals surface area contributed by atoms with Crippen LogP contribution in [0.2, 0.25) is 0 Å². The highest BCUT2D eigenvalue weighted by atomic mass is 16.2. The van der Waals surface area contributed by atoms with Gasteiger partial charge in [0.15, 0.2) is 0 Å². The minimum atomic E-state index is -0.869. The quantitative estimate of drug-likeness (QED) is 0.882. The van der Waals surface area contributed by atoms with Crippen molar-refractivity contribution in [2.24, 2.45) is 11.7 Å². The van der Waals surface area contributed by atoms with Crippen molar-refractivity contribution in [2.45, 2.75) is 19.4 Å². The molecule has 0 aliphatic heterocycles. The van der Waals surface area contributed by atoms with Crippen LogP contribution in [0.5, 0.6) is 0 Å². The fourth-order valence-corrected chi connectivity index (χ4v) is 2.40. The summed E-state index contributed by atoms with van der Waals surface area (Å²) >= 11 is 0. The zero-order valence-corrected chi connectivity index (χ0v) is 12.2. The fourth-order valence-electron chi connectivity index (χ4n) is 2.40. The molecule has 0 aromatic heterocycles. The molecule has 0 aliphatic carbocycles. The third-order valence-corrected chi connectivity index (χ3v) is 3.61. The molecule has 0 spiro atoms. The van der Waals surface area contributed by atoms with Crippen LogP contribution in [0.4, 0.5) is 0 Å². The summed E-state index contributed by atoms with van der Waals surface area (Å²) in [7, 11) is 0. The summed E-state index contributed by atoms with van der Waals surface area (Å²) in [6, 6.07) is 14.0. The van der Waals surface area contributed by atoms with E-state index >= 15 is 0 Å². The van der Waals surface area contributed by atoms with Gasteiger partial charge < -0.3 is 11.1 Å². The molecule has 2 atom stereocenters. The van der Waals surface area contributed by atoms with Crippen LogP contribution in [0.15, 0.2) is 42.5 Å². The van der Waals surface area contributed by atoms with Gasteiger partial charge in [0.2, 0.25) is 5.91 Å². The van der Waals surface area contributed by atoms with Crippen molar-refractivity contribution < 1.29 is 9.59 Å². The number of nitrogens with two attached hydrogens (primary N) is 1. The Kier molecular flexibility index (Phi) is 4.74. The summed E-state index contributed by atoms with van der Waals surface area (Å²) in [5.74, 6) is -1.36. The predicted octanol–water partition coefficient (Wildman–Crippen LogP) is 1.97. The molecular formula is C17H17N3O2. The van der Waals surface area contributed by atoms with Crippen LogP contribution in [-0.4, -0.2) is 17.9 Å². The highest BCUT2D eigenvalue weighted by molar-refractivity contribution is 6.08. The number of hydrogen-bond acceptors (Lipinski definition) is 3. The van der Waals surface area contributed by atoms with Crippen LogP contribution in [0, 0.1) is 17.2 Å². The molecule has 0 radical (unpaired) electrons. The van der Waals surface area contributed by atoms with E-state index in [1.54, 1.807) is 19.1 Å². The average molecular weight is 295 g/mol. The molecule has 2 aromatic rings. The number of carbonyl (C=O) groups is 2. The van der Waals surface area contributed by atoms with E-state index in [-0.39, 0.29) is 18.2 Å². The van der Waals surface area contributed by atoms with Gasteiger partial charge in [0.1, 0.15) is 6.04 Å². The molecule has 112 valence electrons.